The van der Waals surface area contributed by atoms with E-state index in [1.807, 2.05) is 6.08 Å². The van der Waals surface area contributed by atoms with E-state index in [1.165, 1.54) is 45.6 Å². The molecular weight excluding hydrogens is 424 g/mol. The second kappa shape index (κ2) is 9.70. The first-order chi connectivity index (χ1) is 15.3. The second-order valence-corrected chi connectivity index (χ2v) is 11.5. The summed E-state index contributed by atoms with van der Waals surface area (Å²) in [6.45, 7) is 1.40. The summed E-state index contributed by atoms with van der Waals surface area (Å²) in [4.78, 5) is 54.6. The maximum atomic E-state index is 13.5. The summed E-state index contributed by atoms with van der Waals surface area (Å²) in [6, 6.07) is -0.675. The van der Waals surface area contributed by atoms with E-state index < -0.39 is 23.3 Å². The Morgan fingerprint density at radius 2 is 1.72 bits per heavy atom. The highest BCUT2D eigenvalue weighted by Gasteiger charge is 2.55. The molecule has 0 N–H and O–H groups in total. The molecule has 3 unspecified atom stereocenters. The van der Waals surface area contributed by atoms with Crippen LogP contribution in [-0.2, 0) is 14.4 Å². The van der Waals surface area contributed by atoms with Crippen LogP contribution < -0.4 is 0 Å². The van der Waals surface area contributed by atoms with Gasteiger partial charge in [-0.1, -0.05) is 31.8 Å². The van der Waals surface area contributed by atoms with Crippen LogP contribution in [0.15, 0.2) is 11.6 Å². The number of barbiturate groups is 1. The van der Waals surface area contributed by atoms with Gasteiger partial charge in [0.05, 0.1) is 11.8 Å². The molecule has 2 saturated heterocycles. The molecule has 0 spiro atoms. The molecule has 0 radical (unpaired) electrons. The monoisotopic (exact) mass is 460 g/mol. The number of allylic oxidation sites excluding steroid dienone is 1. The van der Waals surface area contributed by atoms with Crippen molar-refractivity contribution >= 4 is 35.4 Å². The minimum Gasteiger partial charge on any atom is -0.296 e. The largest absolute Gasteiger partial charge is 0.333 e. The Morgan fingerprint density at radius 1 is 1.00 bits per heavy atom. The van der Waals surface area contributed by atoms with Gasteiger partial charge >= 0.3 is 6.03 Å². The third kappa shape index (κ3) is 4.29. The summed E-state index contributed by atoms with van der Waals surface area (Å²) < 4.78 is 0. The molecule has 0 aromatic carbocycles. The molecule has 2 heterocycles. The molecule has 4 rings (SSSR count). The summed E-state index contributed by atoms with van der Waals surface area (Å²) in [5.41, 5.74) is -0.589. The topological polar surface area (TPSA) is 74.8 Å². The van der Waals surface area contributed by atoms with Crippen LogP contribution in [-0.4, -0.2) is 57.5 Å². The fourth-order valence-electron chi connectivity index (χ4n) is 5.94. The van der Waals surface area contributed by atoms with Gasteiger partial charge in [-0.05, 0) is 69.8 Å². The molecular formula is C25H36N2O4S. The molecule has 1 saturated carbocycles. The first-order valence-corrected chi connectivity index (χ1v) is 13.3. The van der Waals surface area contributed by atoms with E-state index in [-0.39, 0.29) is 17.6 Å². The molecule has 0 bridgehead atoms. The van der Waals surface area contributed by atoms with Gasteiger partial charge in [0, 0.05) is 12.3 Å². The molecule has 2 aliphatic carbocycles. The Bertz CT molecular complexity index is 817. The van der Waals surface area contributed by atoms with Crippen molar-refractivity contribution in [3.05, 3.63) is 11.6 Å². The number of imide groups is 2. The summed E-state index contributed by atoms with van der Waals surface area (Å²) >= 11 is 1.76. The lowest BCUT2D eigenvalue weighted by molar-refractivity contribution is -0.155. The lowest BCUT2D eigenvalue weighted by Crippen LogP contribution is -2.64. The number of rotatable bonds is 5. The smallest absolute Gasteiger partial charge is 0.296 e. The van der Waals surface area contributed by atoms with Crippen LogP contribution in [0.2, 0.25) is 0 Å². The molecule has 176 valence electrons. The summed E-state index contributed by atoms with van der Waals surface area (Å²) in [7, 11) is 1.42. The Hall–Kier alpha value is -1.63. The molecule has 7 heteroatoms. The van der Waals surface area contributed by atoms with Gasteiger partial charge in [-0.15, -0.1) is 11.8 Å². The van der Waals surface area contributed by atoms with Crippen LogP contribution in [0, 0.1) is 11.3 Å². The minimum absolute atomic E-state index is 0.0597. The summed E-state index contributed by atoms with van der Waals surface area (Å²) in [5, 5.41) is 0.351. The van der Waals surface area contributed by atoms with E-state index in [9.17, 15) is 19.2 Å². The number of nitrogens with zero attached hydrogens (tertiary/aromatic N) is 2. The minimum atomic E-state index is -1.38. The highest BCUT2D eigenvalue weighted by atomic mass is 32.2. The van der Waals surface area contributed by atoms with Gasteiger partial charge in [0.25, 0.3) is 5.91 Å². The van der Waals surface area contributed by atoms with Crippen LogP contribution in [0.25, 0.3) is 0 Å². The van der Waals surface area contributed by atoms with E-state index >= 15 is 0 Å². The fraction of sp³-hybridized carbons (Fsp3) is 0.760. The van der Waals surface area contributed by atoms with Crippen LogP contribution in [0.4, 0.5) is 4.79 Å². The molecule has 6 nitrogen and oxygen atoms in total. The molecule has 32 heavy (non-hydrogen) atoms. The maximum absolute atomic E-state index is 13.5. The zero-order chi connectivity index (χ0) is 22.9. The third-order valence-corrected chi connectivity index (χ3v) is 9.80. The number of ketones is 1. The van der Waals surface area contributed by atoms with Crippen molar-refractivity contribution in [1.29, 1.82) is 0 Å². The first kappa shape index (κ1) is 23.5. The number of thioether (sulfide) groups is 1. The molecule has 3 atom stereocenters. The molecule has 3 fully saturated rings. The van der Waals surface area contributed by atoms with Gasteiger partial charge in [-0.3, -0.25) is 24.2 Å². The molecule has 2 aliphatic heterocycles. The second-order valence-electron chi connectivity index (χ2n) is 10.1. The van der Waals surface area contributed by atoms with Crippen molar-refractivity contribution in [3.63, 3.8) is 0 Å². The number of amides is 4. The zero-order valence-corrected chi connectivity index (χ0v) is 20.3. The summed E-state index contributed by atoms with van der Waals surface area (Å²) in [6.07, 6.45) is 15.0. The van der Waals surface area contributed by atoms with Crippen LogP contribution in [0.3, 0.4) is 0 Å². The number of hydrogen-bond acceptors (Lipinski definition) is 5. The number of urea groups is 1. The van der Waals surface area contributed by atoms with Crippen LogP contribution in [0.5, 0.6) is 0 Å². The summed E-state index contributed by atoms with van der Waals surface area (Å²) in [5.74, 6) is -0.386. The van der Waals surface area contributed by atoms with Gasteiger partial charge in [0.1, 0.15) is 5.41 Å². The molecule has 0 aromatic heterocycles. The van der Waals surface area contributed by atoms with Gasteiger partial charge in [-0.2, -0.15) is 0 Å². The van der Waals surface area contributed by atoms with Crippen LogP contribution in [0.1, 0.15) is 84.0 Å². The van der Waals surface area contributed by atoms with Gasteiger partial charge in [-0.25, -0.2) is 4.79 Å². The standard InChI is InChI=1S/C25H36N2O4S/c1-25(18-12-8-5-9-13-18)22(29)26(2)24(31)27(23(25)30)16-19(28)21-15-14-20(32-21)17-10-6-3-4-7-11-17/h12,17,20-21H,3-11,13-16H2,1-2H3. The number of carbonyl (C=O) groups excluding carboxylic acids is 4. The molecule has 4 amide bonds. The van der Waals surface area contributed by atoms with Crippen molar-refractivity contribution in [2.75, 3.05) is 13.6 Å². The van der Waals surface area contributed by atoms with Crippen molar-refractivity contribution in [1.82, 2.24) is 9.80 Å². The average Bonchev–Trinajstić information content (AvgIpc) is 3.15. The third-order valence-electron chi connectivity index (χ3n) is 8.01. The first-order valence-electron chi connectivity index (χ1n) is 12.4. The number of Topliss-reactive ketones (excluding diaryl/α,β-unsaturated/α-hetero) is 1. The highest BCUT2D eigenvalue weighted by Crippen LogP contribution is 2.44. The van der Waals surface area contributed by atoms with E-state index in [0.29, 0.717) is 17.6 Å². The van der Waals surface area contributed by atoms with E-state index in [1.54, 1.807) is 18.7 Å². The predicted molar refractivity (Wildman–Crippen MR) is 125 cm³/mol. The quantitative estimate of drug-likeness (QED) is 0.337. The zero-order valence-electron chi connectivity index (χ0n) is 19.4. The van der Waals surface area contributed by atoms with E-state index in [2.05, 4.69) is 0 Å². The van der Waals surface area contributed by atoms with Crippen molar-refractivity contribution in [3.8, 4) is 0 Å². The molecule has 4 aliphatic rings. The average molecular weight is 461 g/mol. The van der Waals surface area contributed by atoms with Crippen LogP contribution >= 0.6 is 11.8 Å². The normalized spacial score (nSPS) is 32.8. The SMILES string of the molecule is CN1C(=O)N(CC(=O)C2CCC(C3CCCCCC3)S2)C(=O)C(C)(C2=CCCCC2)C1=O. The lowest BCUT2D eigenvalue weighted by Gasteiger charge is -2.42. The molecule has 0 aromatic rings. The van der Waals surface area contributed by atoms with Crippen molar-refractivity contribution in [2.24, 2.45) is 11.3 Å². The Kier molecular flexibility index (Phi) is 7.13. The number of hydrogen-bond donors (Lipinski definition) is 0. The predicted octanol–water partition coefficient (Wildman–Crippen LogP) is 4.72. The fourth-order valence-corrected chi connectivity index (χ4v) is 7.63. The van der Waals surface area contributed by atoms with E-state index in [4.69, 9.17) is 0 Å². The Balaban J connectivity index is 1.46. The lowest BCUT2D eigenvalue weighted by atomic mass is 9.73. The maximum Gasteiger partial charge on any atom is 0.333 e. The highest BCUT2D eigenvalue weighted by molar-refractivity contribution is 8.01. The van der Waals surface area contributed by atoms with Gasteiger partial charge in [0.15, 0.2) is 5.78 Å². The number of carbonyl (C=O) groups is 4. The van der Waals surface area contributed by atoms with Gasteiger partial charge in [0.2, 0.25) is 5.91 Å². The van der Waals surface area contributed by atoms with Crippen molar-refractivity contribution < 1.29 is 19.2 Å². The Morgan fingerprint density at radius 3 is 2.38 bits per heavy atom. The van der Waals surface area contributed by atoms with E-state index in [0.717, 1.165) is 47.5 Å². The van der Waals surface area contributed by atoms with Gasteiger partial charge < -0.3 is 0 Å². The van der Waals surface area contributed by atoms with Crippen molar-refractivity contribution in [2.45, 2.75) is 94.5 Å². The Labute approximate surface area is 195 Å².